The van der Waals surface area contributed by atoms with E-state index in [1.54, 1.807) is 0 Å². The Hall–Kier alpha value is -2.37. The quantitative estimate of drug-likeness (QED) is 0.275. The molecule has 3 saturated carbocycles. The van der Waals surface area contributed by atoms with E-state index in [2.05, 4.69) is 64.4 Å². The summed E-state index contributed by atoms with van der Waals surface area (Å²) in [7, 11) is 0. The summed E-state index contributed by atoms with van der Waals surface area (Å²) in [5, 5.41) is 9.67. The minimum atomic E-state index is -0.401. The molecule has 3 amide bonds. The Morgan fingerprint density at radius 2 is 1.11 bits per heavy atom. The topological polar surface area (TPSA) is 87.3 Å². The first-order chi connectivity index (χ1) is 20.7. The zero-order valence-corrected chi connectivity index (χ0v) is 28.9. The lowest BCUT2D eigenvalue weighted by Crippen LogP contribution is -2.38. The Bertz CT molecular complexity index is 1070. The van der Waals surface area contributed by atoms with Crippen LogP contribution in [0.15, 0.2) is 18.2 Å². The fourth-order valence-electron chi connectivity index (χ4n) is 8.35. The van der Waals surface area contributed by atoms with Crippen LogP contribution in [-0.4, -0.2) is 17.7 Å². The number of carbonyl (C=O) groups is 3. The van der Waals surface area contributed by atoms with Gasteiger partial charge in [0.25, 0.3) is 0 Å². The Labute approximate surface area is 267 Å². The van der Waals surface area contributed by atoms with E-state index in [0.29, 0.717) is 28.9 Å². The highest BCUT2D eigenvalue weighted by Gasteiger charge is 2.40. The second kappa shape index (κ2) is 14.4. The van der Waals surface area contributed by atoms with Gasteiger partial charge >= 0.3 is 0 Å². The van der Waals surface area contributed by atoms with Crippen molar-refractivity contribution in [2.75, 3.05) is 16.0 Å². The molecule has 1 aromatic rings. The number of para-hydroxylation sites is 1. The lowest BCUT2D eigenvalue weighted by atomic mass is 9.69. The Morgan fingerprint density at radius 3 is 1.50 bits per heavy atom. The fraction of sp³-hybridized carbons (Fsp3) is 0.763. The Kier molecular flexibility index (Phi) is 11.3. The summed E-state index contributed by atoms with van der Waals surface area (Å²) < 4.78 is 0. The first kappa shape index (κ1) is 34.5. The average molecular weight is 608 g/mol. The van der Waals surface area contributed by atoms with Gasteiger partial charge in [-0.25, -0.2) is 0 Å². The first-order valence-electron chi connectivity index (χ1n) is 17.8. The molecule has 246 valence electrons. The molecule has 3 fully saturated rings. The van der Waals surface area contributed by atoms with E-state index in [4.69, 9.17) is 0 Å². The summed E-state index contributed by atoms with van der Waals surface area (Å²) in [6.45, 7) is 15.9. The smallest absolute Gasteiger partial charge is 0.230 e. The summed E-state index contributed by atoms with van der Waals surface area (Å²) in [5.41, 5.74) is 1.81. The van der Waals surface area contributed by atoms with Gasteiger partial charge in [-0.05, 0) is 105 Å². The summed E-state index contributed by atoms with van der Waals surface area (Å²) >= 11 is 0. The predicted molar refractivity (Wildman–Crippen MR) is 183 cm³/mol. The highest BCUT2D eigenvalue weighted by molar-refractivity contribution is 6.08. The lowest BCUT2D eigenvalue weighted by molar-refractivity contribution is -0.128. The molecule has 0 saturated heterocycles. The van der Waals surface area contributed by atoms with Crippen LogP contribution in [0.25, 0.3) is 0 Å². The molecule has 0 atom stereocenters. The summed E-state index contributed by atoms with van der Waals surface area (Å²) in [6, 6.07) is 5.61. The number of rotatable bonds is 8. The van der Waals surface area contributed by atoms with Crippen molar-refractivity contribution in [1.29, 1.82) is 0 Å². The van der Waals surface area contributed by atoms with Crippen LogP contribution >= 0.6 is 0 Å². The van der Waals surface area contributed by atoms with Gasteiger partial charge in [-0.3, -0.25) is 14.4 Å². The molecule has 4 rings (SSSR count). The predicted octanol–water partition coefficient (Wildman–Crippen LogP) is 9.96. The van der Waals surface area contributed by atoms with E-state index in [9.17, 15) is 14.4 Å². The normalized spacial score (nSPS) is 26.0. The molecule has 0 aliphatic heterocycles. The van der Waals surface area contributed by atoms with Crippen molar-refractivity contribution in [2.45, 2.75) is 145 Å². The number of benzene rings is 1. The molecule has 0 unspecified atom stereocenters. The summed E-state index contributed by atoms with van der Waals surface area (Å²) in [5.74, 6) is 1.21. The third-order valence-electron chi connectivity index (χ3n) is 11.5. The Morgan fingerprint density at radius 1 is 0.682 bits per heavy atom. The second-order valence-corrected chi connectivity index (χ2v) is 16.6. The average Bonchev–Trinajstić information content (AvgIpc) is 2.98. The van der Waals surface area contributed by atoms with Crippen LogP contribution in [0.5, 0.6) is 0 Å². The zero-order chi connectivity index (χ0) is 32.1. The van der Waals surface area contributed by atoms with Crippen molar-refractivity contribution in [2.24, 2.45) is 39.9 Å². The monoisotopic (exact) mass is 607 g/mol. The molecule has 3 aliphatic carbocycles. The van der Waals surface area contributed by atoms with Gasteiger partial charge < -0.3 is 16.0 Å². The molecule has 3 aliphatic rings. The molecule has 6 nitrogen and oxygen atoms in total. The van der Waals surface area contributed by atoms with Crippen molar-refractivity contribution < 1.29 is 14.4 Å². The zero-order valence-electron chi connectivity index (χ0n) is 28.9. The Balaban J connectivity index is 1.55. The van der Waals surface area contributed by atoms with Crippen molar-refractivity contribution >= 4 is 34.8 Å². The number of hydrogen-bond acceptors (Lipinski definition) is 3. The maximum atomic E-state index is 14.1. The van der Waals surface area contributed by atoms with Crippen molar-refractivity contribution in [3.8, 4) is 0 Å². The molecule has 0 spiro atoms. The van der Waals surface area contributed by atoms with Gasteiger partial charge in [0.15, 0.2) is 0 Å². The molecule has 3 N–H and O–H groups in total. The van der Waals surface area contributed by atoms with Gasteiger partial charge in [0.1, 0.15) is 0 Å². The minimum absolute atomic E-state index is 0.0118. The lowest BCUT2D eigenvalue weighted by Gasteiger charge is -2.37. The molecule has 0 bridgehead atoms. The van der Waals surface area contributed by atoms with E-state index in [1.165, 1.54) is 6.42 Å². The number of anilines is 3. The third-order valence-corrected chi connectivity index (χ3v) is 11.5. The van der Waals surface area contributed by atoms with Gasteiger partial charge in [0.2, 0.25) is 17.7 Å². The van der Waals surface area contributed by atoms with E-state index < -0.39 is 5.41 Å². The summed E-state index contributed by atoms with van der Waals surface area (Å²) in [4.78, 5) is 41.3. The largest absolute Gasteiger partial charge is 0.324 e. The van der Waals surface area contributed by atoms with E-state index in [-0.39, 0.29) is 40.4 Å². The molecular formula is C38H61N3O3. The minimum Gasteiger partial charge on any atom is -0.324 e. The van der Waals surface area contributed by atoms with E-state index in [0.717, 1.165) is 89.9 Å². The van der Waals surface area contributed by atoms with Crippen molar-refractivity contribution in [1.82, 2.24) is 0 Å². The SMILES string of the molecule is CCCC1(C(=O)Nc2c(NC(=O)C3CCC(C(C)(C)C)CC3)cccc2NC(=O)C2CCC(C(C)(C)C)CC2)CCCCC1. The van der Waals surface area contributed by atoms with Crippen molar-refractivity contribution in [3.05, 3.63) is 18.2 Å². The van der Waals surface area contributed by atoms with Gasteiger partial charge in [0, 0.05) is 17.3 Å². The second-order valence-electron chi connectivity index (χ2n) is 16.6. The maximum absolute atomic E-state index is 14.1. The van der Waals surface area contributed by atoms with Crippen LogP contribution in [0, 0.1) is 39.9 Å². The molecule has 0 heterocycles. The van der Waals surface area contributed by atoms with Gasteiger partial charge in [-0.1, -0.05) is 80.2 Å². The van der Waals surface area contributed by atoms with Crippen LogP contribution in [0.1, 0.15) is 145 Å². The van der Waals surface area contributed by atoms with Gasteiger partial charge in [-0.2, -0.15) is 0 Å². The number of carbonyl (C=O) groups excluding carboxylic acids is 3. The van der Waals surface area contributed by atoms with Crippen LogP contribution in [0.2, 0.25) is 0 Å². The number of hydrogen-bond donors (Lipinski definition) is 3. The number of amides is 3. The van der Waals surface area contributed by atoms with Gasteiger partial charge in [0.05, 0.1) is 17.1 Å². The highest BCUT2D eigenvalue weighted by Crippen LogP contribution is 2.44. The summed E-state index contributed by atoms with van der Waals surface area (Å²) in [6.07, 6.45) is 14.6. The standard InChI is InChI=1S/C38H61N3O3/c1-8-23-38(24-10-9-11-25-38)35(44)41-32-30(39-33(42)26-15-19-28(20-16-26)36(2,3)4)13-12-14-31(32)40-34(43)27-17-21-29(22-18-27)37(5,6)7/h12-14,26-29H,8-11,15-25H2,1-7H3,(H,39,42)(H,40,43)(H,41,44). The molecule has 6 heteroatoms. The van der Waals surface area contributed by atoms with Crippen LogP contribution < -0.4 is 16.0 Å². The molecular weight excluding hydrogens is 546 g/mol. The van der Waals surface area contributed by atoms with E-state index in [1.807, 2.05) is 18.2 Å². The van der Waals surface area contributed by atoms with Gasteiger partial charge in [-0.15, -0.1) is 0 Å². The van der Waals surface area contributed by atoms with E-state index >= 15 is 0 Å². The molecule has 1 aromatic carbocycles. The van der Waals surface area contributed by atoms with Crippen molar-refractivity contribution in [3.63, 3.8) is 0 Å². The third kappa shape index (κ3) is 8.46. The molecule has 0 radical (unpaired) electrons. The molecule has 44 heavy (non-hydrogen) atoms. The van der Waals surface area contributed by atoms with Crippen LogP contribution in [0.3, 0.4) is 0 Å². The first-order valence-corrected chi connectivity index (χ1v) is 17.8. The fourth-order valence-corrected chi connectivity index (χ4v) is 8.35. The van der Waals surface area contributed by atoms with Crippen LogP contribution in [-0.2, 0) is 14.4 Å². The number of nitrogens with one attached hydrogen (secondary N) is 3. The molecule has 0 aromatic heterocycles. The van der Waals surface area contributed by atoms with Crippen LogP contribution in [0.4, 0.5) is 17.1 Å². The highest BCUT2D eigenvalue weighted by atomic mass is 16.2. The maximum Gasteiger partial charge on any atom is 0.230 e.